The van der Waals surface area contributed by atoms with E-state index in [-0.39, 0.29) is 6.10 Å². The van der Waals surface area contributed by atoms with Crippen molar-refractivity contribution in [2.24, 2.45) is 5.92 Å². The second kappa shape index (κ2) is 6.39. The van der Waals surface area contributed by atoms with Gasteiger partial charge in [0.05, 0.1) is 25.9 Å². The highest BCUT2D eigenvalue weighted by Gasteiger charge is 2.24. The smallest absolute Gasteiger partial charge is 0.169 e. The van der Waals surface area contributed by atoms with E-state index in [4.69, 9.17) is 13.9 Å². The summed E-state index contributed by atoms with van der Waals surface area (Å²) in [6, 6.07) is 3.95. The van der Waals surface area contributed by atoms with Crippen molar-refractivity contribution in [1.29, 1.82) is 0 Å². The molecule has 4 nitrogen and oxygen atoms in total. The highest BCUT2D eigenvalue weighted by molar-refractivity contribution is 9.10. The molecule has 2 aliphatic rings. The summed E-state index contributed by atoms with van der Waals surface area (Å²) in [6.45, 7) is 5.12. The van der Waals surface area contributed by atoms with Crippen molar-refractivity contribution < 1.29 is 13.9 Å². The highest BCUT2D eigenvalue weighted by atomic mass is 79.9. The van der Waals surface area contributed by atoms with Gasteiger partial charge in [-0.25, -0.2) is 0 Å². The van der Waals surface area contributed by atoms with Crippen LogP contribution in [-0.2, 0) is 16.0 Å². The van der Waals surface area contributed by atoms with Gasteiger partial charge < -0.3 is 13.9 Å². The second-order valence-corrected chi connectivity index (χ2v) is 6.20. The molecule has 1 aliphatic heterocycles. The minimum Gasteiger partial charge on any atom is -0.453 e. The molecule has 1 aromatic rings. The van der Waals surface area contributed by atoms with Crippen LogP contribution >= 0.6 is 15.9 Å². The van der Waals surface area contributed by atoms with Crippen LogP contribution in [0.15, 0.2) is 21.2 Å². The van der Waals surface area contributed by atoms with Gasteiger partial charge in [0, 0.05) is 19.7 Å². The summed E-state index contributed by atoms with van der Waals surface area (Å²) in [4.78, 5) is 2.36. The zero-order valence-electron chi connectivity index (χ0n) is 11.0. The fourth-order valence-corrected chi connectivity index (χ4v) is 2.67. The molecule has 0 radical (unpaired) electrons. The van der Waals surface area contributed by atoms with Crippen molar-refractivity contribution in [2.45, 2.75) is 25.5 Å². The van der Waals surface area contributed by atoms with Crippen LogP contribution in [0.3, 0.4) is 0 Å². The number of halogens is 1. The van der Waals surface area contributed by atoms with Crippen LogP contribution in [0.2, 0.25) is 0 Å². The number of furan rings is 1. The quantitative estimate of drug-likeness (QED) is 0.803. The first kappa shape index (κ1) is 13.6. The Bertz CT molecular complexity index is 405. The van der Waals surface area contributed by atoms with E-state index < -0.39 is 0 Å². The number of hydrogen-bond donors (Lipinski definition) is 0. The lowest BCUT2D eigenvalue weighted by atomic mass is 10.2. The van der Waals surface area contributed by atoms with E-state index >= 15 is 0 Å². The van der Waals surface area contributed by atoms with Gasteiger partial charge in [0.2, 0.25) is 0 Å². The van der Waals surface area contributed by atoms with Crippen LogP contribution in [-0.4, -0.2) is 43.9 Å². The predicted octanol–water partition coefficient (Wildman–Crippen LogP) is 2.67. The van der Waals surface area contributed by atoms with Crippen LogP contribution in [0.4, 0.5) is 0 Å². The Hall–Kier alpha value is -0.360. The number of morpholine rings is 1. The maximum atomic E-state index is 5.75. The average Bonchev–Trinajstić information content (AvgIpc) is 3.13. The monoisotopic (exact) mass is 329 g/mol. The minimum absolute atomic E-state index is 0.200. The topological polar surface area (TPSA) is 34.8 Å². The van der Waals surface area contributed by atoms with Crippen molar-refractivity contribution in [2.75, 3.05) is 32.9 Å². The van der Waals surface area contributed by atoms with Crippen molar-refractivity contribution >= 4 is 15.9 Å². The average molecular weight is 330 g/mol. The van der Waals surface area contributed by atoms with Crippen LogP contribution in [0.25, 0.3) is 0 Å². The first-order valence-corrected chi connectivity index (χ1v) is 7.75. The van der Waals surface area contributed by atoms with Crippen molar-refractivity contribution in [1.82, 2.24) is 4.90 Å². The first-order valence-electron chi connectivity index (χ1n) is 6.95. The summed E-state index contributed by atoms with van der Waals surface area (Å²) in [7, 11) is 0. The molecule has 2 fully saturated rings. The Labute approximate surface area is 122 Å². The fourth-order valence-electron chi connectivity index (χ4n) is 2.33. The van der Waals surface area contributed by atoms with Crippen molar-refractivity contribution in [3.63, 3.8) is 0 Å². The van der Waals surface area contributed by atoms with Crippen molar-refractivity contribution in [3.8, 4) is 0 Å². The van der Waals surface area contributed by atoms with Gasteiger partial charge in [-0.1, -0.05) is 0 Å². The summed E-state index contributed by atoms with van der Waals surface area (Å²) in [6.07, 6.45) is 2.88. The SMILES string of the molecule is Brc1ccc(CN2CCO[C@H](COCC3CC3)C2)o1. The predicted molar refractivity (Wildman–Crippen MR) is 75.0 cm³/mol. The minimum atomic E-state index is 0.200. The van der Waals surface area contributed by atoms with Gasteiger partial charge in [-0.3, -0.25) is 4.90 Å². The molecule has 5 heteroatoms. The van der Waals surface area contributed by atoms with E-state index in [0.717, 1.165) is 55.8 Å². The van der Waals surface area contributed by atoms with E-state index in [2.05, 4.69) is 20.8 Å². The molecule has 1 aliphatic carbocycles. The van der Waals surface area contributed by atoms with Crippen LogP contribution in [0, 0.1) is 5.92 Å². The summed E-state index contributed by atoms with van der Waals surface area (Å²) in [5.41, 5.74) is 0. The second-order valence-electron chi connectivity index (χ2n) is 5.41. The Morgan fingerprint density at radius 1 is 1.32 bits per heavy atom. The van der Waals surface area contributed by atoms with Crippen LogP contribution in [0.5, 0.6) is 0 Å². The van der Waals surface area contributed by atoms with Gasteiger partial charge in [0.25, 0.3) is 0 Å². The molecular formula is C14H20BrNO3. The van der Waals surface area contributed by atoms with E-state index in [1.54, 1.807) is 0 Å². The molecule has 0 bridgehead atoms. The molecule has 0 aromatic carbocycles. The summed E-state index contributed by atoms with van der Waals surface area (Å²) >= 11 is 3.33. The molecule has 1 saturated carbocycles. The van der Waals surface area contributed by atoms with Gasteiger partial charge >= 0.3 is 0 Å². The molecule has 19 heavy (non-hydrogen) atoms. The van der Waals surface area contributed by atoms with Gasteiger partial charge in [0.15, 0.2) is 4.67 Å². The highest BCUT2D eigenvalue weighted by Crippen LogP contribution is 2.28. The molecular weight excluding hydrogens is 310 g/mol. The van der Waals surface area contributed by atoms with Gasteiger partial charge in [-0.2, -0.15) is 0 Å². The third-order valence-corrected chi connectivity index (χ3v) is 4.01. The van der Waals surface area contributed by atoms with Crippen molar-refractivity contribution in [3.05, 3.63) is 22.6 Å². The van der Waals surface area contributed by atoms with Gasteiger partial charge in [0.1, 0.15) is 5.76 Å². The molecule has 0 amide bonds. The Kier molecular flexibility index (Phi) is 4.58. The molecule has 0 spiro atoms. The maximum Gasteiger partial charge on any atom is 0.169 e. The molecule has 0 N–H and O–H groups in total. The largest absolute Gasteiger partial charge is 0.453 e. The molecule has 1 saturated heterocycles. The third kappa shape index (κ3) is 4.31. The lowest BCUT2D eigenvalue weighted by Gasteiger charge is -2.32. The standard InChI is InChI=1S/C14H20BrNO3/c15-14-4-3-12(19-14)7-16-5-6-18-13(8-16)10-17-9-11-1-2-11/h3-4,11,13H,1-2,5-10H2/t13-/m0/s1. The summed E-state index contributed by atoms with van der Waals surface area (Å²) < 4.78 is 17.8. The van der Waals surface area contributed by atoms with Gasteiger partial charge in [-0.15, -0.1) is 0 Å². The van der Waals surface area contributed by atoms with Crippen LogP contribution < -0.4 is 0 Å². The molecule has 2 heterocycles. The molecule has 106 valence electrons. The first-order chi connectivity index (χ1) is 9.29. The maximum absolute atomic E-state index is 5.75. The summed E-state index contributed by atoms with van der Waals surface area (Å²) in [5, 5.41) is 0. The Balaban J connectivity index is 1.41. The Morgan fingerprint density at radius 2 is 2.21 bits per heavy atom. The number of rotatable bonds is 6. The molecule has 1 atom stereocenters. The van der Waals surface area contributed by atoms with E-state index in [1.807, 2.05) is 12.1 Å². The van der Waals surface area contributed by atoms with Gasteiger partial charge in [-0.05, 0) is 46.8 Å². The zero-order chi connectivity index (χ0) is 13.1. The summed E-state index contributed by atoms with van der Waals surface area (Å²) in [5.74, 6) is 1.81. The molecule has 0 unspecified atom stereocenters. The number of ether oxygens (including phenoxy) is 2. The molecule has 1 aromatic heterocycles. The third-order valence-electron chi connectivity index (χ3n) is 3.59. The lowest BCUT2D eigenvalue weighted by molar-refractivity contribution is -0.0734. The van der Waals surface area contributed by atoms with E-state index in [0.29, 0.717) is 0 Å². The Morgan fingerprint density at radius 3 is 2.95 bits per heavy atom. The normalized spacial score (nSPS) is 24.8. The number of hydrogen-bond acceptors (Lipinski definition) is 4. The number of nitrogens with zero attached hydrogens (tertiary/aromatic N) is 1. The fraction of sp³-hybridized carbons (Fsp3) is 0.714. The van der Waals surface area contributed by atoms with Crippen LogP contribution in [0.1, 0.15) is 18.6 Å². The lowest BCUT2D eigenvalue weighted by Crippen LogP contribution is -2.43. The van der Waals surface area contributed by atoms with E-state index in [9.17, 15) is 0 Å². The zero-order valence-corrected chi connectivity index (χ0v) is 12.6. The van der Waals surface area contributed by atoms with E-state index in [1.165, 1.54) is 12.8 Å². The molecule has 3 rings (SSSR count).